The molecule has 1 aromatic heterocycles. The first-order valence-corrected chi connectivity index (χ1v) is 10.1. The number of primary sulfonamides is 1. The molecule has 0 spiro atoms. The van der Waals surface area contributed by atoms with Gasteiger partial charge in [-0.25, -0.2) is 18.2 Å². The standard InChI is InChI=1S/C17H20N6O4S/c18-11-13-12-20-23(14-1-3-15(4-2-14)28(19,25)26)17(13)21-16(24)5-6-22-7-9-27-10-8-22/h1-4,12H,5-10H2,(H,21,24)(H2,19,25,26). The predicted octanol–water partition coefficient (Wildman–Crippen LogP) is 0.0522. The highest BCUT2D eigenvalue weighted by molar-refractivity contribution is 7.89. The number of sulfonamides is 1. The van der Waals surface area contributed by atoms with Crippen LogP contribution in [0.2, 0.25) is 0 Å². The number of hydrogen-bond donors (Lipinski definition) is 2. The second-order valence-electron chi connectivity index (χ2n) is 6.22. The molecule has 0 unspecified atom stereocenters. The number of nitrogens with one attached hydrogen (secondary N) is 1. The Kier molecular flexibility index (Phi) is 6.05. The maximum Gasteiger partial charge on any atom is 0.238 e. The number of amides is 1. The summed E-state index contributed by atoms with van der Waals surface area (Å²) in [5, 5.41) is 21.3. The zero-order chi connectivity index (χ0) is 20.1. The molecule has 1 fully saturated rings. The molecule has 10 nitrogen and oxygen atoms in total. The van der Waals surface area contributed by atoms with Gasteiger partial charge in [-0.2, -0.15) is 10.4 Å². The van der Waals surface area contributed by atoms with Crippen LogP contribution in [0, 0.1) is 11.3 Å². The summed E-state index contributed by atoms with van der Waals surface area (Å²) < 4.78 is 29.4. The Hall–Kier alpha value is -2.78. The molecule has 0 aliphatic carbocycles. The highest BCUT2D eigenvalue weighted by Gasteiger charge is 2.17. The lowest BCUT2D eigenvalue weighted by Gasteiger charge is -2.26. The molecular weight excluding hydrogens is 384 g/mol. The van der Waals surface area contributed by atoms with E-state index in [-0.39, 0.29) is 28.6 Å². The summed E-state index contributed by atoms with van der Waals surface area (Å²) in [6.07, 6.45) is 1.60. The summed E-state index contributed by atoms with van der Waals surface area (Å²) in [4.78, 5) is 14.5. The molecule has 0 atom stereocenters. The van der Waals surface area contributed by atoms with E-state index >= 15 is 0 Å². The van der Waals surface area contributed by atoms with Crippen LogP contribution in [0.3, 0.4) is 0 Å². The first-order valence-electron chi connectivity index (χ1n) is 8.60. The number of carbonyl (C=O) groups is 1. The van der Waals surface area contributed by atoms with E-state index in [0.717, 1.165) is 13.1 Å². The van der Waals surface area contributed by atoms with Crippen molar-refractivity contribution in [3.05, 3.63) is 36.0 Å². The molecular formula is C17H20N6O4S. The number of anilines is 1. The fourth-order valence-electron chi connectivity index (χ4n) is 2.80. The van der Waals surface area contributed by atoms with Gasteiger partial charge in [0.1, 0.15) is 11.6 Å². The van der Waals surface area contributed by atoms with E-state index < -0.39 is 10.0 Å². The fourth-order valence-corrected chi connectivity index (χ4v) is 3.32. The molecule has 2 aromatic rings. The zero-order valence-electron chi connectivity index (χ0n) is 15.0. The molecule has 3 N–H and O–H groups in total. The van der Waals surface area contributed by atoms with Crippen molar-refractivity contribution in [1.82, 2.24) is 14.7 Å². The number of nitrogens with zero attached hydrogens (tertiary/aromatic N) is 4. The maximum absolute atomic E-state index is 12.4. The SMILES string of the molecule is N#Cc1cnn(-c2ccc(S(N)(=O)=O)cc2)c1NC(=O)CCN1CCOCC1. The van der Waals surface area contributed by atoms with Crippen molar-refractivity contribution in [2.75, 3.05) is 38.2 Å². The van der Waals surface area contributed by atoms with Crippen molar-refractivity contribution in [2.45, 2.75) is 11.3 Å². The van der Waals surface area contributed by atoms with E-state index in [1.807, 2.05) is 6.07 Å². The average molecular weight is 404 g/mol. The number of nitriles is 1. The lowest BCUT2D eigenvalue weighted by atomic mass is 10.3. The van der Waals surface area contributed by atoms with Gasteiger partial charge in [0.2, 0.25) is 15.9 Å². The summed E-state index contributed by atoms with van der Waals surface area (Å²) in [6.45, 7) is 3.47. The molecule has 148 valence electrons. The van der Waals surface area contributed by atoms with Gasteiger partial charge in [0.05, 0.1) is 30.0 Å². The third kappa shape index (κ3) is 4.73. The van der Waals surface area contributed by atoms with Gasteiger partial charge in [-0.15, -0.1) is 0 Å². The largest absolute Gasteiger partial charge is 0.379 e. The van der Waals surface area contributed by atoms with Crippen LogP contribution in [0.5, 0.6) is 0 Å². The van der Waals surface area contributed by atoms with Crippen LogP contribution in [0.1, 0.15) is 12.0 Å². The molecule has 0 radical (unpaired) electrons. The summed E-state index contributed by atoms with van der Waals surface area (Å²) >= 11 is 0. The van der Waals surface area contributed by atoms with E-state index in [2.05, 4.69) is 15.3 Å². The smallest absolute Gasteiger partial charge is 0.238 e. The van der Waals surface area contributed by atoms with E-state index in [1.54, 1.807) is 0 Å². The number of nitrogens with two attached hydrogens (primary N) is 1. The van der Waals surface area contributed by atoms with Gasteiger partial charge < -0.3 is 10.1 Å². The van der Waals surface area contributed by atoms with Crippen molar-refractivity contribution in [3.8, 4) is 11.8 Å². The third-order valence-corrected chi connectivity index (χ3v) is 5.25. The molecule has 28 heavy (non-hydrogen) atoms. The van der Waals surface area contributed by atoms with Gasteiger partial charge in [0.15, 0.2) is 5.82 Å². The van der Waals surface area contributed by atoms with Crippen LogP contribution < -0.4 is 10.5 Å². The Morgan fingerprint density at radius 3 is 2.57 bits per heavy atom. The number of hydrogen-bond acceptors (Lipinski definition) is 7. The van der Waals surface area contributed by atoms with Crippen LogP contribution in [-0.2, 0) is 19.6 Å². The lowest BCUT2D eigenvalue weighted by molar-refractivity contribution is -0.116. The molecule has 11 heteroatoms. The van der Waals surface area contributed by atoms with Crippen molar-refractivity contribution in [2.24, 2.45) is 5.14 Å². The monoisotopic (exact) mass is 404 g/mol. The van der Waals surface area contributed by atoms with Crippen LogP contribution in [0.4, 0.5) is 5.82 Å². The molecule has 0 saturated carbocycles. The van der Waals surface area contributed by atoms with Gasteiger partial charge in [-0.3, -0.25) is 9.69 Å². The minimum Gasteiger partial charge on any atom is -0.379 e. The highest BCUT2D eigenvalue weighted by Crippen LogP contribution is 2.21. The molecule has 3 rings (SSSR count). The normalized spacial score (nSPS) is 15.1. The fraction of sp³-hybridized carbons (Fsp3) is 0.353. The molecule has 0 bridgehead atoms. The summed E-state index contributed by atoms with van der Waals surface area (Å²) in [7, 11) is -3.81. The van der Waals surface area contributed by atoms with Crippen molar-refractivity contribution in [3.63, 3.8) is 0 Å². The Balaban J connectivity index is 1.75. The van der Waals surface area contributed by atoms with Crippen LogP contribution in [0.25, 0.3) is 5.69 Å². The van der Waals surface area contributed by atoms with Crippen molar-refractivity contribution >= 4 is 21.7 Å². The Labute approximate surface area is 162 Å². The van der Waals surface area contributed by atoms with E-state index in [9.17, 15) is 18.5 Å². The Morgan fingerprint density at radius 2 is 1.96 bits per heavy atom. The van der Waals surface area contributed by atoms with Crippen molar-refractivity contribution in [1.29, 1.82) is 5.26 Å². The minimum absolute atomic E-state index is 0.0417. The number of carbonyl (C=O) groups excluding carboxylic acids is 1. The summed E-state index contributed by atoms with van der Waals surface area (Å²) in [5.74, 6) is -0.0104. The predicted molar refractivity (Wildman–Crippen MR) is 100 cm³/mol. The number of ether oxygens (including phenoxy) is 1. The lowest BCUT2D eigenvalue weighted by Crippen LogP contribution is -2.38. The van der Waals surface area contributed by atoms with Gasteiger partial charge in [-0.1, -0.05) is 0 Å². The average Bonchev–Trinajstić information content (AvgIpc) is 3.09. The van der Waals surface area contributed by atoms with Gasteiger partial charge in [0, 0.05) is 26.1 Å². The molecule has 1 aliphatic rings. The maximum atomic E-state index is 12.4. The summed E-state index contributed by atoms with van der Waals surface area (Å²) in [6, 6.07) is 7.66. The molecule has 1 amide bonds. The Bertz CT molecular complexity index is 988. The zero-order valence-corrected chi connectivity index (χ0v) is 15.9. The number of benzene rings is 1. The second-order valence-corrected chi connectivity index (χ2v) is 7.78. The Morgan fingerprint density at radius 1 is 1.29 bits per heavy atom. The second kappa shape index (κ2) is 8.49. The number of morpholine rings is 1. The van der Waals surface area contributed by atoms with E-state index in [1.165, 1.54) is 35.1 Å². The van der Waals surface area contributed by atoms with Gasteiger partial charge >= 0.3 is 0 Å². The van der Waals surface area contributed by atoms with Crippen LogP contribution in [0.15, 0.2) is 35.4 Å². The van der Waals surface area contributed by atoms with Crippen LogP contribution >= 0.6 is 0 Å². The van der Waals surface area contributed by atoms with E-state index in [0.29, 0.717) is 25.4 Å². The van der Waals surface area contributed by atoms with Crippen molar-refractivity contribution < 1.29 is 17.9 Å². The third-order valence-electron chi connectivity index (χ3n) is 4.32. The quantitative estimate of drug-likeness (QED) is 0.692. The highest BCUT2D eigenvalue weighted by atomic mass is 32.2. The van der Waals surface area contributed by atoms with E-state index in [4.69, 9.17) is 9.88 Å². The topological polar surface area (TPSA) is 143 Å². The minimum atomic E-state index is -3.81. The van der Waals surface area contributed by atoms with Gasteiger partial charge in [0.25, 0.3) is 0 Å². The molecule has 1 saturated heterocycles. The number of aromatic nitrogens is 2. The molecule has 1 aliphatic heterocycles. The van der Waals surface area contributed by atoms with Gasteiger partial charge in [-0.05, 0) is 24.3 Å². The summed E-state index contributed by atoms with van der Waals surface area (Å²) in [5.41, 5.74) is 0.688. The number of rotatable bonds is 6. The molecule has 1 aromatic carbocycles. The first kappa shape index (κ1) is 20.0. The molecule has 2 heterocycles. The van der Waals surface area contributed by atoms with Crippen LogP contribution in [-0.4, -0.2) is 61.9 Å². The first-order chi connectivity index (χ1) is 13.4.